The molecule has 0 unspecified atom stereocenters. The van der Waals surface area contributed by atoms with Crippen LogP contribution in [-0.4, -0.2) is 34.7 Å². The van der Waals surface area contributed by atoms with E-state index in [-0.39, 0.29) is 36.0 Å². The van der Waals surface area contributed by atoms with Gasteiger partial charge < -0.3 is 19.4 Å². The van der Waals surface area contributed by atoms with Crippen LogP contribution in [0.4, 0.5) is 4.39 Å². The molecule has 0 saturated carbocycles. The molecule has 1 aromatic heterocycles. The lowest BCUT2D eigenvalue weighted by molar-refractivity contribution is 0.0776. The monoisotopic (exact) mass is 333 g/mol. The Morgan fingerprint density at radius 3 is 3.08 bits per heavy atom. The molecule has 6 nitrogen and oxygen atoms in total. The Hall–Kier alpha value is -2.41. The normalized spacial score (nSPS) is 20.1. The molecule has 24 heavy (non-hydrogen) atoms. The standard InChI is InChI=1S/C17H20FN3O3/c1-3-23-14-11(5-4-6-12(14)18)17(22)20-13-7-10-24-15(13)16-19-8-9-21(16)2/h4-6,8-9,13,15H,3,7,10H2,1-2H3,(H,20,22)/t13-,15-/m0/s1. The van der Waals surface area contributed by atoms with E-state index in [1.165, 1.54) is 12.1 Å². The minimum absolute atomic E-state index is 0.0232. The lowest BCUT2D eigenvalue weighted by Crippen LogP contribution is -2.37. The molecule has 2 atom stereocenters. The average Bonchev–Trinajstić information content (AvgIpc) is 3.17. The highest BCUT2D eigenvalue weighted by Gasteiger charge is 2.34. The van der Waals surface area contributed by atoms with E-state index in [2.05, 4.69) is 10.3 Å². The number of aromatic nitrogens is 2. The molecule has 1 saturated heterocycles. The van der Waals surface area contributed by atoms with Gasteiger partial charge in [-0.3, -0.25) is 4.79 Å². The predicted molar refractivity (Wildman–Crippen MR) is 85.3 cm³/mol. The molecule has 2 heterocycles. The summed E-state index contributed by atoms with van der Waals surface area (Å²) in [7, 11) is 1.88. The maximum atomic E-state index is 13.9. The Morgan fingerprint density at radius 1 is 1.54 bits per heavy atom. The summed E-state index contributed by atoms with van der Waals surface area (Å²) in [6.07, 6.45) is 3.87. The van der Waals surface area contributed by atoms with Gasteiger partial charge in [0.1, 0.15) is 11.9 Å². The molecule has 1 amide bonds. The molecular formula is C17H20FN3O3. The summed E-state index contributed by atoms with van der Waals surface area (Å²) < 4.78 is 26.8. The lowest BCUT2D eigenvalue weighted by atomic mass is 10.1. The Labute approximate surface area is 139 Å². The van der Waals surface area contributed by atoms with Crippen LogP contribution < -0.4 is 10.1 Å². The van der Waals surface area contributed by atoms with Crippen LogP contribution in [0.25, 0.3) is 0 Å². The van der Waals surface area contributed by atoms with E-state index in [1.54, 1.807) is 19.2 Å². The van der Waals surface area contributed by atoms with Gasteiger partial charge in [-0.2, -0.15) is 0 Å². The molecule has 7 heteroatoms. The molecule has 1 aliphatic rings. The van der Waals surface area contributed by atoms with Crippen molar-refractivity contribution in [2.75, 3.05) is 13.2 Å². The molecule has 0 aliphatic carbocycles. The van der Waals surface area contributed by atoms with Crippen molar-refractivity contribution in [2.24, 2.45) is 7.05 Å². The molecule has 1 N–H and O–H groups in total. The number of nitrogens with zero attached hydrogens (tertiary/aromatic N) is 2. The minimum Gasteiger partial charge on any atom is -0.490 e. The van der Waals surface area contributed by atoms with Crippen LogP contribution in [0.5, 0.6) is 5.75 Å². The van der Waals surface area contributed by atoms with E-state index in [1.807, 2.05) is 17.8 Å². The van der Waals surface area contributed by atoms with Gasteiger partial charge in [0.15, 0.2) is 11.6 Å². The van der Waals surface area contributed by atoms with Crippen molar-refractivity contribution in [3.05, 3.63) is 47.8 Å². The van der Waals surface area contributed by atoms with Crippen molar-refractivity contribution >= 4 is 5.91 Å². The summed E-state index contributed by atoms with van der Waals surface area (Å²) in [6, 6.07) is 4.09. The number of benzene rings is 1. The van der Waals surface area contributed by atoms with Crippen LogP contribution in [0.15, 0.2) is 30.6 Å². The average molecular weight is 333 g/mol. The zero-order valence-corrected chi connectivity index (χ0v) is 13.7. The van der Waals surface area contributed by atoms with Crippen molar-refractivity contribution < 1.29 is 18.7 Å². The maximum Gasteiger partial charge on any atom is 0.255 e. The van der Waals surface area contributed by atoms with Gasteiger partial charge in [0, 0.05) is 26.0 Å². The van der Waals surface area contributed by atoms with E-state index in [0.717, 1.165) is 5.82 Å². The van der Waals surface area contributed by atoms with E-state index in [0.29, 0.717) is 13.0 Å². The smallest absolute Gasteiger partial charge is 0.255 e. The highest BCUT2D eigenvalue weighted by Crippen LogP contribution is 2.29. The number of nitrogens with one attached hydrogen (secondary N) is 1. The third kappa shape index (κ3) is 3.12. The van der Waals surface area contributed by atoms with Gasteiger partial charge >= 0.3 is 0 Å². The Kier molecular flexibility index (Phi) is 4.80. The second-order valence-electron chi connectivity index (χ2n) is 5.61. The van der Waals surface area contributed by atoms with E-state index < -0.39 is 5.82 Å². The topological polar surface area (TPSA) is 65.4 Å². The van der Waals surface area contributed by atoms with Gasteiger partial charge in [-0.15, -0.1) is 0 Å². The Bertz CT molecular complexity index is 732. The fourth-order valence-corrected chi connectivity index (χ4v) is 2.87. The van der Waals surface area contributed by atoms with Crippen molar-refractivity contribution in [3.63, 3.8) is 0 Å². The molecular weight excluding hydrogens is 313 g/mol. The first-order chi connectivity index (χ1) is 11.6. The van der Waals surface area contributed by atoms with Crippen molar-refractivity contribution in [2.45, 2.75) is 25.5 Å². The number of para-hydroxylation sites is 1. The maximum absolute atomic E-state index is 13.9. The van der Waals surface area contributed by atoms with Crippen LogP contribution in [0.2, 0.25) is 0 Å². The van der Waals surface area contributed by atoms with E-state index >= 15 is 0 Å². The van der Waals surface area contributed by atoms with E-state index in [9.17, 15) is 9.18 Å². The number of aryl methyl sites for hydroxylation is 1. The highest BCUT2D eigenvalue weighted by atomic mass is 19.1. The Balaban J connectivity index is 1.80. The molecule has 3 rings (SSSR count). The van der Waals surface area contributed by atoms with Crippen LogP contribution >= 0.6 is 0 Å². The summed E-state index contributed by atoms with van der Waals surface area (Å²) in [6.45, 7) is 2.56. The van der Waals surface area contributed by atoms with Gasteiger partial charge in [0.05, 0.1) is 18.2 Å². The molecule has 1 fully saturated rings. The molecule has 1 aromatic carbocycles. The SMILES string of the molecule is CCOc1c(F)cccc1C(=O)N[C@H]1CCO[C@@H]1c1nccn1C. The molecule has 2 aromatic rings. The van der Waals surface area contributed by atoms with Crippen LogP contribution in [0, 0.1) is 5.82 Å². The first-order valence-electron chi connectivity index (χ1n) is 7.92. The fourth-order valence-electron chi connectivity index (χ4n) is 2.87. The number of rotatable bonds is 5. The number of carbonyl (C=O) groups is 1. The van der Waals surface area contributed by atoms with Crippen molar-refractivity contribution in [3.8, 4) is 5.75 Å². The second-order valence-corrected chi connectivity index (χ2v) is 5.61. The molecule has 0 radical (unpaired) electrons. The number of carbonyl (C=O) groups excluding carboxylic acids is 1. The number of halogens is 1. The number of ether oxygens (including phenoxy) is 2. The van der Waals surface area contributed by atoms with Crippen LogP contribution in [0.1, 0.15) is 35.6 Å². The zero-order chi connectivity index (χ0) is 17.1. The first kappa shape index (κ1) is 16.4. The van der Waals surface area contributed by atoms with Gasteiger partial charge in [-0.25, -0.2) is 9.37 Å². The molecule has 1 aliphatic heterocycles. The Morgan fingerprint density at radius 2 is 2.38 bits per heavy atom. The largest absolute Gasteiger partial charge is 0.490 e. The highest BCUT2D eigenvalue weighted by molar-refractivity contribution is 5.97. The third-order valence-corrected chi connectivity index (χ3v) is 4.02. The van der Waals surface area contributed by atoms with Gasteiger partial charge in [0.2, 0.25) is 0 Å². The van der Waals surface area contributed by atoms with Crippen molar-refractivity contribution in [1.82, 2.24) is 14.9 Å². The number of hydrogen-bond acceptors (Lipinski definition) is 4. The van der Waals surface area contributed by atoms with Crippen LogP contribution in [-0.2, 0) is 11.8 Å². The fraction of sp³-hybridized carbons (Fsp3) is 0.412. The number of hydrogen-bond donors (Lipinski definition) is 1. The molecule has 0 spiro atoms. The van der Waals surface area contributed by atoms with Gasteiger partial charge in [-0.05, 0) is 25.5 Å². The number of imidazole rings is 1. The zero-order valence-electron chi connectivity index (χ0n) is 13.7. The second kappa shape index (κ2) is 7.00. The van der Waals surface area contributed by atoms with E-state index in [4.69, 9.17) is 9.47 Å². The summed E-state index contributed by atoms with van der Waals surface area (Å²) in [5.74, 6) is -0.201. The quantitative estimate of drug-likeness (QED) is 0.911. The minimum atomic E-state index is -0.548. The first-order valence-corrected chi connectivity index (χ1v) is 7.92. The molecule has 128 valence electrons. The summed E-state index contributed by atoms with van der Waals surface area (Å²) in [5.41, 5.74) is 0.183. The summed E-state index contributed by atoms with van der Waals surface area (Å²) >= 11 is 0. The van der Waals surface area contributed by atoms with Gasteiger partial charge in [-0.1, -0.05) is 6.07 Å². The van der Waals surface area contributed by atoms with Crippen LogP contribution in [0.3, 0.4) is 0 Å². The number of amides is 1. The lowest BCUT2D eigenvalue weighted by Gasteiger charge is -2.20. The predicted octanol–water partition coefficient (Wildman–Crippen LogP) is 2.22. The van der Waals surface area contributed by atoms with Crippen molar-refractivity contribution in [1.29, 1.82) is 0 Å². The summed E-state index contributed by atoms with van der Waals surface area (Å²) in [4.78, 5) is 16.9. The van der Waals surface area contributed by atoms with Gasteiger partial charge in [0.25, 0.3) is 5.91 Å². The summed E-state index contributed by atoms with van der Waals surface area (Å²) in [5, 5.41) is 2.92. The molecule has 0 bridgehead atoms. The third-order valence-electron chi connectivity index (χ3n) is 4.02.